The van der Waals surface area contributed by atoms with Crippen molar-refractivity contribution < 1.29 is 4.79 Å². The third-order valence-corrected chi connectivity index (χ3v) is 6.60. The van der Waals surface area contributed by atoms with Gasteiger partial charge in [0.1, 0.15) is 5.54 Å². The molecule has 1 amide bonds. The molecular formula is C24H29ClN4O. The van der Waals surface area contributed by atoms with E-state index in [0.29, 0.717) is 11.6 Å². The van der Waals surface area contributed by atoms with E-state index in [0.717, 1.165) is 49.2 Å². The van der Waals surface area contributed by atoms with Gasteiger partial charge in [-0.25, -0.2) is 0 Å². The van der Waals surface area contributed by atoms with Gasteiger partial charge in [-0.2, -0.15) is 0 Å². The molecule has 158 valence electrons. The van der Waals surface area contributed by atoms with Crippen molar-refractivity contribution in [3.05, 3.63) is 59.1 Å². The third-order valence-electron chi connectivity index (χ3n) is 6.37. The zero-order valence-corrected chi connectivity index (χ0v) is 18.4. The van der Waals surface area contributed by atoms with Crippen LogP contribution in [-0.2, 0) is 10.3 Å². The van der Waals surface area contributed by atoms with E-state index in [1.807, 2.05) is 42.5 Å². The molecule has 30 heavy (non-hydrogen) atoms. The van der Waals surface area contributed by atoms with Crippen LogP contribution in [0.15, 0.2) is 48.5 Å². The molecule has 2 aromatic rings. The van der Waals surface area contributed by atoms with E-state index in [2.05, 4.69) is 30.1 Å². The molecule has 2 aromatic carbocycles. The molecule has 6 heteroatoms. The first-order valence-corrected chi connectivity index (χ1v) is 11.1. The van der Waals surface area contributed by atoms with Crippen LogP contribution in [0.3, 0.4) is 0 Å². The standard InChI is InChI=1S/C24H29ClN4O/c1-3-28(4-2)13-14-29-22(30)24(19-11-12-19,27-23(29)26)20-9-5-7-17(15-20)18-8-6-10-21(25)16-18/h5-10,15-16,19H,3-4,11-14H2,1-2H3,(H2,26,27). The number of hydrogen-bond acceptors (Lipinski definition) is 3. The van der Waals surface area contributed by atoms with Crippen LogP contribution in [-0.4, -0.2) is 47.8 Å². The predicted molar refractivity (Wildman–Crippen MR) is 122 cm³/mol. The Hall–Kier alpha value is -2.37. The lowest BCUT2D eigenvalue weighted by Gasteiger charge is -2.28. The molecule has 1 saturated heterocycles. The van der Waals surface area contributed by atoms with Crippen LogP contribution in [0.5, 0.6) is 0 Å². The third kappa shape index (κ3) is 3.72. The van der Waals surface area contributed by atoms with Crippen molar-refractivity contribution in [1.82, 2.24) is 15.1 Å². The monoisotopic (exact) mass is 424 g/mol. The molecule has 0 aromatic heterocycles. The first kappa shape index (κ1) is 20.9. The van der Waals surface area contributed by atoms with E-state index in [9.17, 15) is 4.79 Å². The summed E-state index contributed by atoms with van der Waals surface area (Å²) in [5, 5.41) is 12.5. The Labute approximate surface area is 183 Å². The molecular weight excluding hydrogens is 396 g/mol. The van der Waals surface area contributed by atoms with Crippen LogP contribution in [0.25, 0.3) is 11.1 Å². The molecule has 1 saturated carbocycles. The first-order valence-electron chi connectivity index (χ1n) is 10.8. The van der Waals surface area contributed by atoms with Crippen molar-refractivity contribution in [1.29, 1.82) is 5.41 Å². The molecule has 0 bridgehead atoms. The second-order valence-electron chi connectivity index (χ2n) is 8.13. The van der Waals surface area contributed by atoms with Crippen LogP contribution in [0.4, 0.5) is 0 Å². The number of halogens is 1. The number of nitrogens with one attached hydrogen (secondary N) is 2. The molecule has 4 rings (SSSR count). The van der Waals surface area contributed by atoms with E-state index >= 15 is 0 Å². The molecule has 0 spiro atoms. The van der Waals surface area contributed by atoms with Crippen LogP contribution in [0.2, 0.25) is 5.02 Å². The number of benzene rings is 2. The van der Waals surface area contributed by atoms with Crippen molar-refractivity contribution in [3.63, 3.8) is 0 Å². The lowest BCUT2D eigenvalue weighted by atomic mass is 9.83. The molecule has 1 unspecified atom stereocenters. The summed E-state index contributed by atoms with van der Waals surface area (Å²) in [6.45, 7) is 7.42. The smallest absolute Gasteiger partial charge is 0.260 e. The SMILES string of the molecule is CCN(CC)CCN1C(=N)NC(c2cccc(-c3cccc(Cl)c3)c2)(C2CC2)C1=O. The quantitative estimate of drug-likeness (QED) is 0.663. The summed E-state index contributed by atoms with van der Waals surface area (Å²) in [6, 6.07) is 15.9. The van der Waals surface area contributed by atoms with Crippen molar-refractivity contribution >= 4 is 23.5 Å². The van der Waals surface area contributed by atoms with Crippen molar-refractivity contribution in [2.24, 2.45) is 5.92 Å². The van der Waals surface area contributed by atoms with Gasteiger partial charge in [0.25, 0.3) is 5.91 Å². The topological polar surface area (TPSA) is 59.4 Å². The van der Waals surface area contributed by atoms with E-state index in [4.69, 9.17) is 17.0 Å². The highest BCUT2D eigenvalue weighted by molar-refractivity contribution is 6.30. The van der Waals surface area contributed by atoms with Gasteiger partial charge in [-0.1, -0.05) is 55.8 Å². The van der Waals surface area contributed by atoms with Gasteiger partial charge < -0.3 is 10.2 Å². The van der Waals surface area contributed by atoms with Crippen LogP contribution in [0.1, 0.15) is 32.3 Å². The number of amides is 1. The Balaban J connectivity index is 1.67. The lowest BCUT2D eigenvalue weighted by molar-refractivity contribution is -0.132. The van der Waals surface area contributed by atoms with Gasteiger partial charge in [0.2, 0.25) is 0 Å². The summed E-state index contributed by atoms with van der Waals surface area (Å²) >= 11 is 6.19. The molecule has 0 radical (unpaired) electrons. The van der Waals surface area contributed by atoms with E-state index in [1.54, 1.807) is 4.90 Å². The maximum atomic E-state index is 13.7. The summed E-state index contributed by atoms with van der Waals surface area (Å²) < 4.78 is 0. The van der Waals surface area contributed by atoms with Gasteiger partial charge in [-0.05, 0) is 66.7 Å². The fourth-order valence-electron chi connectivity index (χ4n) is 4.45. The molecule has 2 aliphatic rings. The maximum Gasteiger partial charge on any atom is 0.260 e. The summed E-state index contributed by atoms with van der Waals surface area (Å²) in [6.07, 6.45) is 1.99. The van der Waals surface area contributed by atoms with Crippen molar-refractivity contribution in [2.45, 2.75) is 32.2 Å². The molecule has 2 N–H and O–H groups in total. The van der Waals surface area contributed by atoms with Gasteiger partial charge in [0.15, 0.2) is 5.96 Å². The molecule has 1 heterocycles. The number of likely N-dealkylation sites (N-methyl/N-ethyl adjacent to an activating group) is 1. The van der Waals surface area contributed by atoms with E-state index < -0.39 is 5.54 Å². The maximum absolute atomic E-state index is 13.7. The highest BCUT2D eigenvalue weighted by atomic mass is 35.5. The molecule has 2 fully saturated rings. The minimum atomic E-state index is -0.838. The Morgan fingerprint density at radius 2 is 1.80 bits per heavy atom. The number of hydrogen-bond donors (Lipinski definition) is 2. The average molecular weight is 425 g/mol. The minimum Gasteiger partial charge on any atom is -0.338 e. The fraction of sp³-hybridized carbons (Fsp3) is 0.417. The van der Waals surface area contributed by atoms with Crippen LogP contribution in [0, 0.1) is 11.3 Å². The number of guanidine groups is 1. The first-order chi connectivity index (χ1) is 14.5. The molecule has 5 nitrogen and oxygen atoms in total. The predicted octanol–water partition coefficient (Wildman–Crippen LogP) is 4.32. The average Bonchev–Trinajstić information content (AvgIpc) is 3.57. The number of nitrogens with zero attached hydrogens (tertiary/aromatic N) is 2. The highest BCUT2D eigenvalue weighted by Gasteiger charge is 2.59. The molecule has 1 aliphatic heterocycles. The van der Waals surface area contributed by atoms with Crippen LogP contribution >= 0.6 is 11.6 Å². The normalized spacial score (nSPS) is 21.4. The summed E-state index contributed by atoms with van der Waals surface area (Å²) in [5.74, 6) is 0.441. The summed E-state index contributed by atoms with van der Waals surface area (Å²) in [4.78, 5) is 17.6. The second kappa shape index (κ2) is 8.40. The van der Waals surface area contributed by atoms with Gasteiger partial charge in [-0.3, -0.25) is 15.1 Å². The molecule has 1 aliphatic carbocycles. The van der Waals surface area contributed by atoms with Gasteiger partial charge in [0, 0.05) is 18.1 Å². The number of carbonyl (C=O) groups excluding carboxylic acids is 1. The summed E-state index contributed by atoms with van der Waals surface area (Å²) in [7, 11) is 0. The zero-order valence-electron chi connectivity index (χ0n) is 17.6. The van der Waals surface area contributed by atoms with Crippen LogP contribution < -0.4 is 5.32 Å². The van der Waals surface area contributed by atoms with Gasteiger partial charge >= 0.3 is 0 Å². The number of rotatable bonds is 8. The minimum absolute atomic E-state index is 0.00500. The van der Waals surface area contributed by atoms with Crippen molar-refractivity contribution in [3.8, 4) is 11.1 Å². The Morgan fingerprint density at radius 1 is 1.13 bits per heavy atom. The Bertz CT molecular complexity index is 954. The Kier molecular flexibility index (Phi) is 5.85. The second-order valence-corrected chi connectivity index (χ2v) is 8.57. The Morgan fingerprint density at radius 3 is 2.43 bits per heavy atom. The zero-order chi connectivity index (χ0) is 21.3. The van der Waals surface area contributed by atoms with E-state index in [-0.39, 0.29) is 17.8 Å². The van der Waals surface area contributed by atoms with Crippen molar-refractivity contribution in [2.75, 3.05) is 26.2 Å². The van der Waals surface area contributed by atoms with Gasteiger partial charge in [-0.15, -0.1) is 0 Å². The summed E-state index contributed by atoms with van der Waals surface area (Å²) in [5.41, 5.74) is 2.14. The highest BCUT2D eigenvalue weighted by Crippen LogP contribution is 2.49. The van der Waals surface area contributed by atoms with E-state index in [1.165, 1.54) is 0 Å². The molecule has 1 atom stereocenters. The van der Waals surface area contributed by atoms with Gasteiger partial charge in [0.05, 0.1) is 0 Å². The largest absolute Gasteiger partial charge is 0.338 e. The fourth-order valence-corrected chi connectivity index (χ4v) is 4.64. The lowest BCUT2D eigenvalue weighted by Crippen LogP contribution is -2.46. The number of carbonyl (C=O) groups is 1.